The van der Waals surface area contributed by atoms with Gasteiger partial charge in [0, 0.05) is 11.5 Å². The maximum atomic E-state index is 14.0. The van der Waals surface area contributed by atoms with Crippen LogP contribution >= 0.6 is 15.9 Å². The quantitative estimate of drug-likeness (QED) is 0.231. The van der Waals surface area contributed by atoms with Crippen LogP contribution in [0.15, 0.2) is 75.0 Å². The van der Waals surface area contributed by atoms with Crippen LogP contribution in [0.4, 0.5) is 4.39 Å². The molecule has 1 aromatic heterocycles. The minimum Gasteiger partial charge on any atom is -0.493 e. The number of benzene rings is 3. The van der Waals surface area contributed by atoms with Gasteiger partial charge in [0.25, 0.3) is 5.56 Å². The summed E-state index contributed by atoms with van der Waals surface area (Å²) < 4.78 is 27.5. The number of halogens is 2. The topological polar surface area (TPSA) is 65.7 Å². The molecule has 0 aliphatic heterocycles. The highest BCUT2D eigenvalue weighted by atomic mass is 79.9. The van der Waals surface area contributed by atoms with E-state index in [0.717, 1.165) is 25.7 Å². The third-order valence-electron chi connectivity index (χ3n) is 6.65. The van der Waals surface area contributed by atoms with Crippen molar-refractivity contribution in [3.8, 4) is 11.5 Å². The number of hydrogen-bond acceptors (Lipinski definition) is 5. The van der Waals surface area contributed by atoms with E-state index in [2.05, 4.69) is 21.0 Å². The van der Waals surface area contributed by atoms with Gasteiger partial charge >= 0.3 is 0 Å². The van der Waals surface area contributed by atoms with Gasteiger partial charge in [-0.15, -0.1) is 0 Å². The molecule has 0 amide bonds. The first-order valence-electron chi connectivity index (χ1n) is 12.3. The summed E-state index contributed by atoms with van der Waals surface area (Å²) in [6.07, 6.45) is 7.06. The standard InChI is InChI=1S/C29H27BrFN3O3/c1-36-26-16-19(15-23(30)27(26)37-18-21-11-5-7-13-24(21)31)17-32-34-28(20-9-3-2-4-10-20)33-25-14-8-6-12-22(25)29(34)35/h5-8,11-17,20H,2-4,9-10,18H2,1H3. The summed E-state index contributed by atoms with van der Waals surface area (Å²) >= 11 is 3.54. The molecule has 0 spiro atoms. The molecule has 190 valence electrons. The predicted molar refractivity (Wildman–Crippen MR) is 146 cm³/mol. The van der Waals surface area contributed by atoms with Crippen molar-refractivity contribution in [2.45, 2.75) is 44.6 Å². The fourth-order valence-corrected chi connectivity index (χ4v) is 5.30. The summed E-state index contributed by atoms with van der Waals surface area (Å²) in [6, 6.07) is 17.5. The molecule has 0 radical (unpaired) electrons. The lowest BCUT2D eigenvalue weighted by Gasteiger charge is -2.22. The lowest BCUT2D eigenvalue weighted by molar-refractivity contribution is 0.278. The third kappa shape index (κ3) is 5.44. The second-order valence-electron chi connectivity index (χ2n) is 9.10. The monoisotopic (exact) mass is 563 g/mol. The Bertz CT molecular complexity index is 1510. The van der Waals surface area contributed by atoms with Crippen molar-refractivity contribution in [2.75, 3.05) is 7.11 Å². The molecule has 0 saturated heterocycles. The molecular formula is C29H27BrFN3O3. The summed E-state index contributed by atoms with van der Waals surface area (Å²) in [5.74, 6) is 1.48. The minimum atomic E-state index is -0.329. The first-order valence-corrected chi connectivity index (χ1v) is 13.1. The Labute approximate surface area is 222 Å². The van der Waals surface area contributed by atoms with E-state index in [4.69, 9.17) is 14.5 Å². The Morgan fingerprint density at radius 2 is 1.86 bits per heavy atom. The van der Waals surface area contributed by atoms with Crippen LogP contribution in [0.25, 0.3) is 10.9 Å². The fraction of sp³-hybridized carbons (Fsp3) is 0.276. The number of hydrogen-bond donors (Lipinski definition) is 0. The fourth-order valence-electron chi connectivity index (χ4n) is 4.72. The van der Waals surface area contributed by atoms with Gasteiger partial charge in [-0.1, -0.05) is 49.6 Å². The normalized spacial score (nSPS) is 14.4. The number of methoxy groups -OCH3 is 1. The van der Waals surface area contributed by atoms with Crippen LogP contribution in [0, 0.1) is 5.82 Å². The largest absolute Gasteiger partial charge is 0.493 e. The van der Waals surface area contributed by atoms with E-state index in [1.165, 1.54) is 24.3 Å². The molecule has 1 fully saturated rings. The first-order chi connectivity index (χ1) is 18.0. The number of rotatable bonds is 7. The van der Waals surface area contributed by atoms with Gasteiger partial charge in [-0.25, -0.2) is 9.37 Å². The molecule has 0 atom stereocenters. The first kappa shape index (κ1) is 25.1. The SMILES string of the molecule is COc1cc(C=Nn2c(C3CCCCC3)nc3ccccc3c2=O)cc(Br)c1OCc1ccccc1F. The second kappa shape index (κ2) is 11.3. The Morgan fingerprint density at radius 3 is 2.65 bits per heavy atom. The Kier molecular flexibility index (Phi) is 7.65. The van der Waals surface area contributed by atoms with Gasteiger partial charge in [0.15, 0.2) is 11.5 Å². The molecule has 1 heterocycles. The van der Waals surface area contributed by atoms with Crippen molar-refractivity contribution < 1.29 is 13.9 Å². The van der Waals surface area contributed by atoms with Crippen molar-refractivity contribution in [3.05, 3.63) is 98.3 Å². The van der Waals surface area contributed by atoms with E-state index in [9.17, 15) is 9.18 Å². The van der Waals surface area contributed by atoms with Gasteiger partial charge in [-0.3, -0.25) is 4.79 Å². The lowest BCUT2D eigenvalue weighted by Crippen LogP contribution is -2.25. The highest BCUT2D eigenvalue weighted by Gasteiger charge is 2.22. The van der Waals surface area contributed by atoms with Crippen molar-refractivity contribution in [1.82, 2.24) is 9.66 Å². The van der Waals surface area contributed by atoms with Crippen molar-refractivity contribution in [1.29, 1.82) is 0 Å². The smallest absolute Gasteiger partial charge is 0.282 e. The number of nitrogens with zero attached hydrogens (tertiary/aromatic N) is 3. The molecule has 1 aliphatic carbocycles. The molecule has 1 aliphatic rings. The summed E-state index contributed by atoms with van der Waals surface area (Å²) in [4.78, 5) is 18.3. The van der Waals surface area contributed by atoms with Gasteiger partial charge in [0.2, 0.25) is 0 Å². The average molecular weight is 564 g/mol. The Balaban J connectivity index is 1.49. The van der Waals surface area contributed by atoms with Crippen LogP contribution in [-0.4, -0.2) is 23.0 Å². The highest BCUT2D eigenvalue weighted by molar-refractivity contribution is 9.10. The van der Waals surface area contributed by atoms with Gasteiger partial charge in [-0.2, -0.15) is 9.78 Å². The maximum Gasteiger partial charge on any atom is 0.282 e. The number of fused-ring (bicyclic) bond motifs is 1. The van der Waals surface area contributed by atoms with E-state index in [-0.39, 0.29) is 23.9 Å². The molecule has 6 nitrogen and oxygen atoms in total. The van der Waals surface area contributed by atoms with E-state index in [1.807, 2.05) is 24.3 Å². The molecule has 8 heteroatoms. The summed E-state index contributed by atoms with van der Waals surface area (Å²) in [7, 11) is 1.54. The van der Waals surface area contributed by atoms with Crippen LogP contribution in [0.3, 0.4) is 0 Å². The summed E-state index contributed by atoms with van der Waals surface area (Å²) in [6.45, 7) is 0.0535. The van der Waals surface area contributed by atoms with Crippen molar-refractivity contribution in [2.24, 2.45) is 5.10 Å². The van der Waals surface area contributed by atoms with Crippen molar-refractivity contribution in [3.63, 3.8) is 0 Å². The molecule has 3 aromatic carbocycles. The predicted octanol–water partition coefficient (Wildman–Crippen LogP) is 6.82. The Morgan fingerprint density at radius 1 is 1.11 bits per heavy atom. The van der Waals surface area contributed by atoms with Gasteiger partial charge < -0.3 is 9.47 Å². The van der Waals surface area contributed by atoms with Crippen LogP contribution in [0.2, 0.25) is 0 Å². The van der Waals surface area contributed by atoms with Gasteiger partial charge in [0.1, 0.15) is 18.2 Å². The number of ether oxygens (including phenoxy) is 2. The van der Waals surface area contributed by atoms with E-state index in [0.29, 0.717) is 43.8 Å². The minimum absolute atomic E-state index is 0.0535. The third-order valence-corrected chi connectivity index (χ3v) is 7.24. The zero-order valence-corrected chi connectivity index (χ0v) is 22.1. The van der Waals surface area contributed by atoms with E-state index >= 15 is 0 Å². The lowest BCUT2D eigenvalue weighted by atomic mass is 9.88. The van der Waals surface area contributed by atoms with Gasteiger partial charge in [0.05, 0.1) is 28.7 Å². The number of para-hydroxylation sites is 1. The van der Waals surface area contributed by atoms with Crippen LogP contribution in [-0.2, 0) is 6.61 Å². The zero-order chi connectivity index (χ0) is 25.8. The maximum absolute atomic E-state index is 14.0. The molecular weight excluding hydrogens is 537 g/mol. The van der Waals surface area contributed by atoms with E-state index < -0.39 is 0 Å². The van der Waals surface area contributed by atoms with Crippen LogP contribution in [0.1, 0.15) is 55.0 Å². The summed E-state index contributed by atoms with van der Waals surface area (Å²) in [5.41, 5.74) is 1.66. The van der Waals surface area contributed by atoms with Crippen LogP contribution < -0.4 is 15.0 Å². The molecule has 37 heavy (non-hydrogen) atoms. The Hall–Kier alpha value is -3.52. The average Bonchev–Trinajstić information content (AvgIpc) is 2.93. The molecule has 0 N–H and O–H groups in total. The van der Waals surface area contributed by atoms with Crippen molar-refractivity contribution >= 4 is 33.0 Å². The number of aromatic nitrogens is 2. The summed E-state index contributed by atoms with van der Waals surface area (Å²) in [5, 5.41) is 5.14. The molecule has 0 unspecified atom stereocenters. The zero-order valence-electron chi connectivity index (χ0n) is 20.5. The molecule has 5 rings (SSSR count). The van der Waals surface area contributed by atoms with Crippen LogP contribution in [0.5, 0.6) is 11.5 Å². The highest BCUT2D eigenvalue weighted by Crippen LogP contribution is 2.37. The second-order valence-corrected chi connectivity index (χ2v) is 9.95. The molecule has 4 aromatic rings. The molecule has 1 saturated carbocycles. The van der Waals surface area contributed by atoms with E-state index in [1.54, 1.807) is 36.5 Å². The van der Waals surface area contributed by atoms with Gasteiger partial charge in [-0.05, 0) is 64.7 Å². The molecule has 0 bridgehead atoms.